The highest BCUT2D eigenvalue weighted by atomic mass is 32.2. The van der Waals surface area contributed by atoms with Crippen LogP contribution in [-0.4, -0.2) is 56.8 Å². The van der Waals surface area contributed by atoms with Gasteiger partial charge in [0.15, 0.2) is 0 Å². The van der Waals surface area contributed by atoms with Crippen molar-refractivity contribution in [2.75, 3.05) is 37.8 Å². The Morgan fingerprint density at radius 2 is 1.97 bits per heavy atom. The number of hydrogen-bond acceptors (Lipinski definition) is 7. The van der Waals surface area contributed by atoms with E-state index in [4.69, 9.17) is 9.72 Å². The quantitative estimate of drug-likeness (QED) is 0.335. The SMILES string of the molecule is CNc1cc(-c2ncc(-c3cccc4c3CC[C@@H]4NS(=O)(=O)CCN3CCCCC3)s2)ccc1OC(C)C. The number of nitrogens with one attached hydrogen (secondary N) is 2. The summed E-state index contributed by atoms with van der Waals surface area (Å²) >= 11 is 1.66. The molecule has 1 atom stereocenters. The fraction of sp³-hybridized carbons (Fsp3) is 0.483. The molecule has 1 fully saturated rings. The van der Waals surface area contributed by atoms with Crippen LogP contribution in [0.2, 0.25) is 0 Å². The van der Waals surface area contributed by atoms with E-state index in [1.165, 1.54) is 24.8 Å². The van der Waals surface area contributed by atoms with Gasteiger partial charge in [-0.05, 0) is 87.5 Å². The van der Waals surface area contributed by atoms with Crippen LogP contribution in [0.15, 0.2) is 42.6 Å². The Kier molecular flexibility index (Phi) is 8.38. The summed E-state index contributed by atoms with van der Waals surface area (Å²) in [6, 6.07) is 12.2. The highest BCUT2D eigenvalue weighted by Gasteiger charge is 2.29. The van der Waals surface area contributed by atoms with E-state index in [9.17, 15) is 8.42 Å². The second kappa shape index (κ2) is 11.7. The van der Waals surface area contributed by atoms with Gasteiger partial charge in [-0.2, -0.15) is 0 Å². The van der Waals surface area contributed by atoms with Gasteiger partial charge < -0.3 is 15.0 Å². The summed E-state index contributed by atoms with van der Waals surface area (Å²) in [5, 5.41) is 4.17. The van der Waals surface area contributed by atoms with Gasteiger partial charge in [-0.1, -0.05) is 24.6 Å². The molecule has 7 nitrogen and oxygen atoms in total. The van der Waals surface area contributed by atoms with Gasteiger partial charge >= 0.3 is 0 Å². The highest BCUT2D eigenvalue weighted by Crippen LogP contribution is 2.42. The molecule has 1 aliphatic heterocycles. The molecule has 0 amide bonds. The molecule has 1 aromatic heterocycles. The lowest BCUT2D eigenvalue weighted by molar-refractivity contribution is 0.241. The molecule has 1 aliphatic carbocycles. The van der Waals surface area contributed by atoms with E-state index in [-0.39, 0.29) is 17.9 Å². The second-order valence-corrected chi connectivity index (χ2v) is 13.4. The van der Waals surface area contributed by atoms with Gasteiger partial charge in [0.2, 0.25) is 10.0 Å². The fourth-order valence-electron chi connectivity index (χ4n) is 5.46. The molecule has 0 unspecified atom stereocenters. The number of thiazole rings is 1. The molecule has 0 radical (unpaired) electrons. The number of fused-ring (bicyclic) bond motifs is 1. The Morgan fingerprint density at radius 3 is 2.74 bits per heavy atom. The lowest BCUT2D eigenvalue weighted by Gasteiger charge is -2.26. The zero-order valence-corrected chi connectivity index (χ0v) is 24.1. The molecule has 2 aliphatic rings. The van der Waals surface area contributed by atoms with Crippen LogP contribution in [0.1, 0.15) is 56.7 Å². The molecular formula is C29H38N4O3S2. The summed E-state index contributed by atoms with van der Waals surface area (Å²) in [5.41, 5.74) is 5.43. The maximum Gasteiger partial charge on any atom is 0.213 e. The third-order valence-corrected chi connectivity index (χ3v) is 9.79. The number of anilines is 1. The van der Waals surface area contributed by atoms with Crippen LogP contribution in [-0.2, 0) is 16.4 Å². The number of rotatable bonds is 10. The minimum absolute atomic E-state index is 0.0996. The van der Waals surface area contributed by atoms with E-state index in [0.717, 1.165) is 63.9 Å². The molecule has 1 saturated heterocycles. The lowest BCUT2D eigenvalue weighted by Crippen LogP contribution is -2.38. The first-order valence-electron chi connectivity index (χ1n) is 13.6. The molecule has 0 bridgehead atoms. The summed E-state index contributed by atoms with van der Waals surface area (Å²) in [7, 11) is -1.46. The number of ether oxygens (including phenoxy) is 1. The van der Waals surface area contributed by atoms with Gasteiger partial charge in [-0.25, -0.2) is 18.1 Å². The molecule has 5 rings (SSSR count). The maximum absolute atomic E-state index is 12.9. The largest absolute Gasteiger partial charge is 0.489 e. The molecule has 38 heavy (non-hydrogen) atoms. The Bertz CT molecular complexity index is 1360. The van der Waals surface area contributed by atoms with E-state index in [1.54, 1.807) is 11.3 Å². The molecule has 204 valence electrons. The molecule has 0 spiro atoms. The van der Waals surface area contributed by atoms with Crippen LogP contribution >= 0.6 is 11.3 Å². The molecular weight excluding hydrogens is 516 g/mol. The van der Waals surface area contributed by atoms with Crippen molar-refractivity contribution in [2.45, 2.75) is 58.1 Å². The first-order valence-corrected chi connectivity index (χ1v) is 16.1. The number of benzene rings is 2. The molecule has 3 aromatic rings. The third kappa shape index (κ3) is 6.22. The van der Waals surface area contributed by atoms with Crippen molar-refractivity contribution in [1.29, 1.82) is 0 Å². The molecule has 2 heterocycles. The lowest BCUT2D eigenvalue weighted by atomic mass is 10.0. The molecule has 2 aromatic carbocycles. The minimum atomic E-state index is -3.35. The summed E-state index contributed by atoms with van der Waals surface area (Å²) < 4.78 is 34.8. The molecule has 9 heteroatoms. The van der Waals surface area contributed by atoms with Crippen molar-refractivity contribution in [3.05, 3.63) is 53.7 Å². The smallest absolute Gasteiger partial charge is 0.213 e. The summed E-state index contributed by atoms with van der Waals surface area (Å²) in [6.45, 7) is 6.66. The van der Waals surface area contributed by atoms with Crippen molar-refractivity contribution < 1.29 is 13.2 Å². The summed E-state index contributed by atoms with van der Waals surface area (Å²) in [5.74, 6) is 0.986. The van der Waals surface area contributed by atoms with E-state index in [0.29, 0.717) is 6.54 Å². The number of hydrogen-bond donors (Lipinski definition) is 2. The Labute approximate surface area is 230 Å². The van der Waals surface area contributed by atoms with E-state index in [1.807, 2.05) is 45.3 Å². The Morgan fingerprint density at radius 1 is 1.16 bits per heavy atom. The maximum atomic E-state index is 12.9. The average Bonchev–Trinajstić information content (AvgIpc) is 3.56. The van der Waals surface area contributed by atoms with Crippen molar-refractivity contribution in [1.82, 2.24) is 14.6 Å². The van der Waals surface area contributed by atoms with Crippen LogP contribution < -0.4 is 14.8 Å². The number of piperidine rings is 1. The van der Waals surface area contributed by atoms with Gasteiger partial charge in [0.1, 0.15) is 10.8 Å². The van der Waals surface area contributed by atoms with Gasteiger partial charge in [-0.3, -0.25) is 0 Å². The normalized spacial score (nSPS) is 18.1. The number of sulfonamides is 1. The van der Waals surface area contributed by atoms with Crippen LogP contribution in [0.5, 0.6) is 5.75 Å². The van der Waals surface area contributed by atoms with Crippen LogP contribution in [0.25, 0.3) is 21.0 Å². The monoisotopic (exact) mass is 554 g/mol. The van der Waals surface area contributed by atoms with Crippen LogP contribution in [0.4, 0.5) is 5.69 Å². The van der Waals surface area contributed by atoms with E-state index >= 15 is 0 Å². The van der Waals surface area contributed by atoms with E-state index in [2.05, 4.69) is 33.1 Å². The van der Waals surface area contributed by atoms with Gasteiger partial charge in [0, 0.05) is 31.4 Å². The predicted molar refractivity (Wildman–Crippen MR) is 157 cm³/mol. The Balaban J connectivity index is 1.32. The fourth-order valence-corrected chi connectivity index (χ4v) is 7.72. The standard InChI is InChI=1S/C29H38N4O3S2/c1-20(2)36-27-13-10-21(18-26(27)30-3)29-31-19-28(37-29)24-9-7-8-23-22(24)11-12-25(23)32-38(34,35)17-16-33-14-5-4-6-15-33/h7-10,13,18-20,25,30,32H,4-6,11-12,14-17H2,1-3H3/t25-/m0/s1. The van der Waals surface area contributed by atoms with E-state index < -0.39 is 10.0 Å². The second-order valence-electron chi connectivity index (χ2n) is 10.5. The molecule has 0 saturated carbocycles. The van der Waals surface area contributed by atoms with Gasteiger partial charge in [-0.15, -0.1) is 11.3 Å². The minimum Gasteiger partial charge on any atom is -0.489 e. The number of likely N-dealkylation sites (tertiary alicyclic amines) is 1. The topological polar surface area (TPSA) is 83.6 Å². The number of aromatic nitrogens is 1. The summed E-state index contributed by atoms with van der Waals surface area (Å²) in [4.78, 5) is 8.10. The Hall–Kier alpha value is -2.46. The predicted octanol–water partition coefficient (Wildman–Crippen LogP) is 5.70. The van der Waals surface area contributed by atoms with Crippen LogP contribution in [0, 0.1) is 0 Å². The highest BCUT2D eigenvalue weighted by molar-refractivity contribution is 7.89. The third-order valence-electron chi connectivity index (χ3n) is 7.35. The zero-order chi connectivity index (χ0) is 26.7. The zero-order valence-electron chi connectivity index (χ0n) is 22.5. The van der Waals surface area contributed by atoms with Crippen molar-refractivity contribution in [3.8, 4) is 26.8 Å². The van der Waals surface area contributed by atoms with Crippen molar-refractivity contribution in [3.63, 3.8) is 0 Å². The van der Waals surface area contributed by atoms with Crippen molar-refractivity contribution in [2.24, 2.45) is 0 Å². The van der Waals surface area contributed by atoms with Gasteiger partial charge in [0.25, 0.3) is 0 Å². The average molecular weight is 555 g/mol. The molecule has 2 N–H and O–H groups in total. The summed E-state index contributed by atoms with van der Waals surface area (Å²) in [6.07, 6.45) is 7.25. The van der Waals surface area contributed by atoms with Crippen molar-refractivity contribution >= 4 is 27.0 Å². The first kappa shape index (κ1) is 27.1. The van der Waals surface area contributed by atoms with Crippen LogP contribution in [0.3, 0.4) is 0 Å². The van der Waals surface area contributed by atoms with Gasteiger partial charge in [0.05, 0.1) is 22.4 Å². The first-order chi connectivity index (χ1) is 18.3. The number of nitrogens with zero attached hydrogens (tertiary/aromatic N) is 2.